The normalized spacial score (nSPS) is 13.4. The largest absolute Gasteiger partial charge is 0.309 e. The Labute approximate surface area is 192 Å². The average molecular weight is 480 g/mol. The van der Waals surface area contributed by atoms with Crippen LogP contribution in [-0.2, 0) is 11.8 Å². The van der Waals surface area contributed by atoms with Gasteiger partial charge in [0, 0.05) is 30.5 Å². The molecular weight excluding hydrogens is 461 g/mol. The van der Waals surface area contributed by atoms with Crippen LogP contribution in [0.25, 0.3) is 11.3 Å². The van der Waals surface area contributed by atoms with Crippen LogP contribution in [0, 0.1) is 0 Å². The molecule has 1 amide bonds. The molecule has 10 heteroatoms. The minimum absolute atomic E-state index is 0.0640. The van der Waals surface area contributed by atoms with Gasteiger partial charge in [-0.25, -0.2) is 4.98 Å². The van der Waals surface area contributed by atoms with Gasteiger partial charge >= 0.3 is 0 Å². The van der Waals surface area contributed by atoms with Gasteiger partial charge < -0.3 is 4.57 Å². The van der Waals surface area contributed by atoms with Crippen LogP contribution in [0.15, 0.2) is 41.4 Å². The lowest BCUT2D eigenvalue weighted by Crippen LogP contribution is -2.32. The van der Waals surface area contributed by atoms with Crippen molar-refractivity contribution in [2.45, 2.75) is 23.9 Å². The number of carbonyl (C=O) groups excluding carboxylic acids is 1. The van der Waals surface area contributed by atoms with Gasteiger partial charge in [0.05, 0.1) is 21.5 Å². The minimum Gasteiger partial charge on any atom is -0.309 e. The summed E-state index contributed by atoms with van der Waals surface area (Å²) in [5.41, 5.74) is 1.59. The number of hydrogen-bond acceptors (Lipinski definition) is 6. The third kappa shape index (κ3) is 4.56. The number of carbonyl (C=O) groups is 1. The summed E-state index contributed by atoms with van der Waals surface area (Å²) in [5.74, 6) is 1.69. The Hall–Kier alpha value is -1.87. The molecule has 3 aromatic rings. The topological polar surface area (TPSA) is 63.9 Å². The summed E-state index contributed by atoms with van der Waals surface area (Å²) in [5, 5.41) is 12.7. The highest BCUT2D eigenvalue weighted by Gasteiger charge is 2.29. The number of thioether (sulfide) groups is 1. The van der Waals surface area contributed by atoms with E-state index in [9.17, 15) is 4.79 Å². The maximum Gasteiger partial charge on any atom is 0.239 e. The Balaban J connectivity index is 1.47. The van der Waals surface area contributed by atoms with E-state index in [1.165, 1.54) is 23.1 Å². The highest BCUT2D eigenvalue weighted by atomic mass is 35.5. The average Bonchev–Trinajstić information content (AvgIpc) is 3.34. The third-order valence-electron chi connectivity index (χ3n) is 4.69. The van der Waals surface area contributed by atoms with E-state index in [4.69, 9.17) is 23.2 Å². The van der Waals surface area contributed by atoms with E-state index in [-0.39, 0.29) is 11.7 Å². The van der Waals surface area contributed by atoms with E-state index in [2.05, 4.69) is 21.8 Å². The van der Waals surface area contributed by atoms with Gasteiger partial charge in [-0.1, -0.05) is 47.1 Å². The molecule has 1 saturated carbocycles. The lowest BCUT2D eigenvalue weighted by molar-refractivity contribution is -0.116. The second-order valence-electron chi connectivity index (χ2n) is 6.90. The van der Waals surface area contributed by atoms with Gasteiger partial charge in [-0.3, -0.25) is 9.69 Å². The zero-order valence-corrected chi connectivity index (χ0v) is 19.4. The summed E-state index contributed by atoms with van der Waals surface area (Å²) < 4.78 is 1.99. The van der Waals surface area contributed by atoms with Crippen molar-refractivity contribution < 1.29 is 4.79 Å². The van der Waals surface area contributed by atoms with Crippen molar-refractivity contribution in [1.82, 2.24) is 19.7 Å². The van der Waals surface area contributed by atoms with Crippen molar-refractivity contribution in [3.63, 3.8) is 0 Å². The molecule has 0 saturated heterocycles. The van der Waals surface area contributed by atoms with Crippen LogP contribution in [0.3, 0.4) is 0 Å². The number of aromatic nitrogens is 4. The Morgan fingerprint density at radius 2 is 2.17 bits per heavy atom. The molecule has 0 spiro atoms. The predicted molar refractivity (Wildman–Crippen MR) is 124 cm³/mol. The highest BCUT2D eigenvalue weighted by Crippen LogP contribution is 2.39. The molecule has 0 bridgehead atoms. The van der Waals surface area contributed by atoms with E-state index in [0.29, 0.717) is 27.6 Å². The first kappa shape index (κ1) is 21.4. The van der Waals surface area contributed by atoms with E-state index in [0.717, 1.165) is 35.1 Å². The molecule has 2 heterocycles. The standard InChI is InChI=1S/C20H19Cl2N5OS2/c1-3-8-27(17(28)11-30-20-25-24-18(26(20)2)12-4-5-12)19-23-16(10-29-19)13-6-7-14(21)15(22)9-13/h3,6-7,9-10,12H,1,4-5,8,11H2,2H3. The lowest BCUT2D eigenvalue weighted by atomic mass is 10.2. The van der Waals surface area contributed by atoms with Crippen LogP contribution in [0.5, 0.6) is 0 Å². The Morgan fingerprint density at radius 3 is 2.87 bits per heavy atom. The molecule has 0 atom stereocenters. The number of anilines is 1. The van der Waals surface area contributed by atoms with Crippen LogP contribution in [0.4, 0.5) is 5.13 Å². The monoisotopic (exact) mass is 479 g/mol. The fraction of sp³-hybridized carbons (Fsp3) is 0.300. The van der Waals surface area contributed by atoms with Crippen LogP contribution >= 0.6 is 46.3 Å². The van der Waals surface area contributed by atoms with Crippen molar-refractivity contribution >= 4 is 57.3 Å². The molecular formula is C20H19Cl2N5OS2. The summed E-state index contributed by atoms with van der Waals surface area (Å²) >= 11 is 14.9. The van der Waals surface area contributed by atoms with E-state index in [1.807, 2.05) is 23.1 Å². The molecule has 6 nitrogen and oxygen atoms in total. The molecule has 30 heavy (non-hydrogen) atoms. The van der Waals surface area contributed by atoms with Crippen molar-refractivity contribution in [1.29, 1.82) is 0 Å². The van der Waals surface area contributed by atoms with Crippen LogP contribution < -0.4 is 4.90 Å². The smallest absolute Gasteiger partial charge is 0.239 e. The first-order valence-corrected chi connectivity index (χ1v) is 11.9. The second kappa shape index (κ2) is 9.09. The number of rotatable bonds is 8. The predicted octanol–water partition coefficient (Wildman–Crippen LogP) is 5.43. The van der Waals surface area contributed by atoms with Gasteiger partial charge in [-0.15, -0.1) is 28.1 Å². The number of thiazole rings is 1. The van der Waals surface area contributed by atoms with E-state index >= 15 is 0 Å². The number of hydrogen-bond donors (Lipinski definition) is 0. The first-order valence-electron chi connectivity index (χ1n) is 9.32. The minimum atomic E-state index is -0.0640. The maximum atomic E-state index is 12.9. The van der Waals surface area contributed by atoms with Gasteiger partial charge in [0.25, 0.3) is 0 Å². The van der Waals surface area contributed by atoms with Crippen LogP contribution in [-0.4, -0.2) is 38.0 Å². The number of benzene rings is 1. The Bertz CT molecular complexity index is 1090. The molecule has 1 fully saturated rings. The lowest BCUT2D eigenvalue weighted by Gasteiger charge is -2.17. The van der Waals surface area contributed by atoms with Crippen molar-refractivity contribution in [2.24, 2.45) is 7.05 Å². The van der Waals surface area contributed by atoms with Gasteiger partial charge in [-0.2, -0.15) is 0 Å². The second-order valence-corrected chi connectivity index (χ2v) is 9.49. The summed E-state index contributed by atoms with van der Waals surface area (Å²) in [6.45, 7) is 4.15. The summed E-state index contributed by atoms with van der Waals surface area (Å²) in [7, 11) is 1.95. The van der Waals surface area contributed by atoms with Gasteiger partial charge in [0.15, 0.2) is 10.3 Å². The molecule has 4 rings (SSSR count). The van der Waals surface area contributed by atoms with Crippen LogP contribution in [0.2, 0.25) is 10.0 Å². The SMILES string of the molecule is C=CCN(C(=O)CSc1nnc(C2CC2)n1C)c1nc(-c2ccc(Cl)c(Cl)c2)cs1. The zero-order chi connectivity index (χ0) is 21.3. The summed E-state index contributed by atoms with van der Waals surface area (Å²) in [4.78, 5) is 19.2. The van der Waals surface area contributed by atoms with Gasteiger partial charge in [-0.05, 0) is 25.0 Å². The fourth-order valence-electron chi connectivity index (χ4n) is 2.95. The zero-order valence-electron chi connectivity index (χ0n) is 16.2. The molecule has 0 aliphatic heterocycles. The number of halogens is 2. The molecule has 0 unspecified atom stereocenters. The van der Waals surface area contributed by atoms with Crippen LogP contribution in [0.1, 0.15) is 24.6 Å². The summed E-state index contributed by atoms with van der Waals surface area (Å²) in [6, 6.07) is 5.36. The third-order valence-corrected chi connectivity index (χ3v) is 7.29. The number of nitrogens with zero attached hydrogens (tertiary/aromatic N) is 5. The molecule has 2 aromatic heterocycles. The maximum absolute atomic E-state index is 12.9. The van der Waals surface area contributed by atoms with Crippen molar-refractivity contribution in [3.8, 4) is 11.3 Å². The fourth-order valence-corrected chi connectivity index (χ4v) is 4.90. The molecule has 1 aromatic carbocycles. The highest BCUT2D eigenvalue weighted by molar-refractivity contribution is 7.99. The number of amides is 1. The quantitative estimate of drug-likeness (QED) is 0.318. The van der Waals surface area contributed by atoms with E-state index < -0.39 is 0 Å². The molecule has 0 radical (unpaired) electrons. The molecule has 1 aliphatic rings. The Kier molecular flexibility index (Phi) is 6.48. The van der Waals surface area contributed by atoms with Crippen molar-refractivity contribution in [3.05, 3.63) is 52.1 Å². The van der Waals surface area contributed by atoms with Gasteiger partial charge in [0.2, 0.25) is 5.91 Å². The first-order chi connectivity index (χ1) is 14.5. The molecule has 1 aliphatic carbocycles. The summed E-state index contributed by atoms with van der Waals surface area (Å²) in [6.07, 6.45) is 4.01. The molecule has 0 N–H and O–H groups in total. The molecule has 156 valence electrons. The Morgan fingerprint density at radius 1 is 1.37 bits per heavy atom. The van der Waals surface area contributed by atoms with Gasteiger partial charge in [0.1, 0.15) is 5.82 Å². The van der Waals surface area contributed by atoms with E-state index in [1.54, 1.807) is 23.1 Å². The van der Waals surface area contributed by atoms with Crippen molar-refractivity contribution in [2.75, 3.05) is 17.2 Å².